The van der Waals surface area contributed by atoms with Gasteiger partial charge in [0.05, 0.1) is 0 Å². The van der Waals surface area contributed by atoms with Crippen LogP contribution in [0.3, 0.4) is 0 Å². The second-order valence-electron chi connectivity index (χ2n) is 23.4. The van der Waals surface area contributed by atoms with Crippen molar-refractivity contribution in [1.29, 1.82) is 0 Å². The first kappa shape index (κ1) is 79.1. The van der Waals surface area contributed by atoms with Crippen LogP contribution in [-0.4, -0.2) is 37.2 Å². The van der Waals surface area contributed by atoms with Crippen LogP contribution in [0.25, 0.3) is 0 Å². The number of carbonyl (C=O) groups excluding carboxylic acids is 3. The van der Waals surface area contributed by atoms with E-state index >= 15 is 0 Å². The van der Waals surface area contributed by atoms with Crippen LogP contribution in [0.15, 0.2) is 109 Å². The van der Waals surface area contributed by atoms with Gasteiger partial charge in [-0.2, -0.15) is 0 Å². The minimum Gasteiger partial charge on any atom is -0.462 e. The van der Waals surface area contributed by atoms with E-state index in [1.165, 1.54) is 173 Å². The molecule has 0 amide bonds. The van der Waals surface area contributed by atoms with Crippen LogP contribution < -0.4 is 0 Å². The third-order valence-corrected chi connectivity index (χ3v) is 15.2. The Morgan fingerprint density at radius 2 is 0.470 bits per heavy atom. The second kappa shape index (κ2) is 70.6. The molecule has 0 N–H and O–H groups in total. The normalized spacial score (nSPS) is 12.8. The van der Waals surface area contributed by atoms with Gasteiger partial charge in [0.1, 0.15) is 13.2 Å². The van der Waals surface area contributed by atoms with Crippen LogP contribution in [0.5, 0.6) is 0 Å². The highest BCUT2D eigenvalue weighted by atomic mass is 16.6. The molecular formula is C77H132O6. The van der Waals surface area contributed by atoms with Crippen molar-refractivity contribution in [2.75, 3.05) is 13.2 Å². The van der Waals surface area contributed by atoms with Gasteiger partial charge in [0, 0.05) is 19.3 Å². The Hall–Kier alpha value is -3.93. The lowest BCUT2D eigenvalue weighted by Crippen LogP contribution is -2.30. The predicted octanol–water partition coefficient (Wildman–Crippen LogP) is 24.6. The maximum atomic E-state index is 12.9. The molecule has 0 saturated carbocycles. The Bertz CT molecular complexity index is 1660. The molecule has 1 atom stereocenters. The van der Waals surface area contributed by atoms with E-state index in [1.54, 1.807) is 0 Å². The first-order valence-electron chi connectivity index (χ1n) is 35.4. The minimum atomic E-state index is -0.799. The van der Waals surface area contributed by atoms with Gasteiger partial charge >= 0.3 is 17.9 Å². The van der Waals surface area contributed by atoms with Gasteiger partial charge in [-0.15, -0.1) is 0 Å². The number of allylic oxidation sites excluding steroid dienone is 18. The molecule has 476 valence electrons. The van der Waals surface area contributed by atoms with Gasteiger partial charge in [-0.3, -0.25) is 14.4 Å². The Morgan fingerprint density at radius 3 is 0.759 bits per heavy atom. The van der Waals surface area contributed by atoms with Crippen molar-refractivity contribution in [2.24, 2.45) is 0 Å². The fourth-order valence-electron chi connectivity index (χ4n) is 9.94. The molecule has 6 nitrogen and oxygen atoms in total. The molecule has 0 aromatic carbocycles. The molecule has 0 aliphatic heterocycles. The van der Waals surface area contributed by atoms with E-state index < -0.39 is 6.10 Å². The summed E-state index contributed by atoms with van der Waals surface area (Å²) in [7, 11) is 0. The summed E-state index contributed by atoms with van der Waals surface area (Å²) in [4.78, 5) is 38.5. The number of hydrogen-bond donors (Lipinski definition) is 0. The average molecular weight is 1150 g/mol. The maximum absolute atomic E-state index is 12.9. The number of hydrogen-bond acceptors (Lipinski definition) is 6. The fraction of sp³-hybridized carbons (Fsp3) is 0.727. The van der Waals surface area contributed by atoms with Gasteiger partial charge in [0.2, 0.25) is 0 Å². The molecule has 0 radical (unpaired) electrons. The van der Waals surface area contributed by atoms with E-state index in [9.17, 15) is 14.4 Å². The second-order valence-corrected chi connectivity index (χ2v) is 23.4. The van der Waals surface area contributed by atoms with E-state index in [1.807, 2.05) is 0 Å². The number of carbonyl (C=O) groups is 3. The summed E-state index contributed by atoms with van der Waals surface area (Å²) < 4.78 is 17.0. The number of rotatable bonds is 64. The van der Waals surface area contributed by atoms with Crippen LogP contribution in [0.2, 0.25) is 0 Å². The van der Waals surface area contributed by atoms with E-state index in [2.05, 4.69) is 130 Å². The lowest BCUT2D eigenvalue weighted by atomic mass is 10.0. The molecule has 0 aromatic rings. The summed E-state index contributed by atoms with van der Waals surface area (Å²) in [5.41, 5.74) is 0. The molecule has 0 aliphatic rings. The standard InChI is InChI=1S/C77H132O6/c1-4-7-10-13-16-19-22-25-28-31-33-34-35-36-37-38-39-40-41-42-44-46-49-52-55-58-61-64-67-70-76(79)82-73-74(72-81-75(78)69-66-63-60-57-54-51-48-45-30-27-24-21-18-15-12-9-6-3)83-77(80)71-68-65-62-59-56-53-50-47-43-32-29-26-23-20-17-14-11-8-5-2/h9,12,17-18,20-22,25-27,29-31,33,43,47-48,51,74H,4-8,10-11,13-16,19,23-24,28,32,34-42,44-46,49-50,52-73H2,1-3H3/b12-9-,20-17-,21-18-,25-22-,29-26-,30-27-,33-31-,47-43-,51-48-. The van der Waals surface area contributed by atoms with E-state index in [4.69, 9.17) is 14.2 Å². The molecule has 83 heavy (non-hydrogen) atoms. The molecule has 0 heterocycles. The zero-order valence-electron chi connectivity index (χ0n) is 54.7. The monoisotopic (exact) mass is 1150 g/mol. The number of ether oxygens (including phenoxy) is 3. The number of unbranched alkanes of at least 4 members (excludes halogenated alkanes) is 35. The Balaban J connectivity index is 4.33. The number of esters is 3. The summed E-state index contributed by atoms with van der Waals surface area (Å²) in [6, 6.07) is 0. The first-order chi connectivity index (χ1) is 41.0. The Labute approximate surface area is 514 Å². The molecule has 0 aromatic heterocycles. The van der Waals surface area contributed by atoms with Crippen LogP contribution in [0, 0.1) is 0 Å². The van der Waals surface area contributed by atoms with Gasteiger partial charge < -0.3 is 14.2 Å². The van der Waals surface area contributed by atoms with Gasteiger partial charge in [-0.1, -0.05) is 304 Å². The maximum Gasteiger partial charge on any atom is 0.306 e. The van der Waals surface area contributed by atoms with Crippen LogP contribution in [-0.2, 0) is 28.6 Å². The van der Waals surface area contributed by atoms with Crippen molar-refractivity contribution in [2.45, 2.75) is 348 Å². The summed E-state index contributed by atoms with van der Waals surface area (Å²) in [5.74, 6) is -0.915. The van der Waals surface area contributed by atoms with E-state index in [0.717, 1.165) is 128 Å². The SMILES string of the molecule is CC/C=C\C/C=C\C/C=C\C/C=C\CCCCCCC(=O)OCC(COC(=O)CCCCCCCCCCCCCCCCCCC/C=C\C/C=C\CCCCCCC)OC(=O)CCCCCCCC/C=C\C/C=C\C/C=C\CCCCC. The lowest BCUT2D eigenvalue weighted by molar-refractivity contribution is -0.167. The summed E-state index contributed by atoms with van der Waals surface area (Å²) in [6.45, 7) is 6.49. The van der Waals surface area contributed by atoms with Crippen molar-refractivity contribution < 1.29 is 28.6 Å². The first-order valence-corrected chi connectivity index (χ1v) is 35.4. The molecular weight excluding hydrogens is 1020 g/mol. The third kappa shape index (κ3) is 68.7. The molecule has 0 fully saturated rings. The smallest absolute Gasteiger partial charge is 0.306 e. The Kier molecular flexibility index (Phi) is 67.2. The van der Waals surface area contributed by atoms with Crippen molar-refractivity contribution in [3.8, 4) is 0 Å². The minimum absolute atomic E-state index is 0.0906. The van der Waals surface area contributed by atoms with Crippen LogP contribution >= 0.6 is 0 Å². The van der Waals surface area contributed by atoms with Gasteiger partial charge in [-0.25, -0.2) is 0 Å². The molecule has 6 heteroatoms. The van der Waals surface area contributed by atoms with Crippen molar-refractivity contribution >= 4 is 17.9 Å². The highest BCUT2D eigenvalue weighted by Crippen LogP contribution is 2.17. The highest BCUT2D eigenvalue weighted by molar-refractivity contribution is 5.71. The van der Waals surface area contributed by atoms with Crippen LogP contribution in [0.4, 0.5) is 0 Å². The molecule has 0 bridgehead atoms. The zero-order chi connectivity index (χ0) is 59.9. The fourth-order valence-corrected chi connectivity index (χ4v) is 9.94. The van der Waals surface area contributed by atoms with Gasteiger partial charge in [-0.05, 0) is 128 Å². The molecule has 0 rings (SSSR count). The van der Waals surface area contributed by atoms with Crippen molar-refractivity contribution in [3.05, 3.63) is 109 Å². The third-order valence-electron chi connectivity index (χ3n) is 15.2. The van der Waals surface area contributed by atoms with Crippen molar-refractivity contribution in [1.82, 2.24) is 0 Å². The topological polar surface area (TPSA) is 78.9 Å². The molecule has 1 unspecified atom stereocenters. The average Bonchev–Trinajstić information content (AvgIpc) is 3.50. The van der Waals surface area contributed by atoms with E-state index in [0.29, 0.717) is 19.3 Å². The zero-order valence-corrected chi connectivity index (χ0v) is 54.7. The summed E-state index contributed by atoms with van der Waals surface area (Å²) in [6.07, 6.45) is 96.8. The largest absolute Gasteiger partial charge is 0.462 e. The van der Waals surface area contributed by atoms with Crippen molar-refractivity contribution in [3.63, 3.8) is 0 Å². The van der Waals surface area contributed by atoms with E-state index in [-0.39, 0.29) is 31.1 Å². The molecule has 0 spiro atoms. The molecule has 0 aliphatic carbocycles. The summed E-state index contributed by atoms with van der Waals surface area (Å²) in [5, 5.41) is 0. The summed E-state index contributed by atoms with van der Waals surface area (Å²) >= 11 is 0. The predicted molar refractivity (Wildman–Crippen MR) is 362 cm³/mol. The quantitative estimate of drug-likeness (QED) is 0.0261. The lowest BCUT2D eigenvalue weighted by Gasteiger charge is -2.18. The van der Waals surface area contributed by atoms with Gasteiger partial charge in [0.25, 0.3) is 0 Å². The van der Waals surface area contributed by atoms with Gasteiger partial charge in [0.15, 0.2) is 6.10 Å². The molecule has 0 saturated heterocycles. The van der Waals surface area contributed by atoms with Crippen LogP contribution in [0.1, 0.15) is 342 Å². The Morgan fingerprint density at radius 1 is 0.253 bits per heavy atom. The highest BCUT2D eigenvalue weighted by Gasteiger charge is 2.19.